The van der Waals surface area contributed by atoms with Crippen LogP contribution in [-0.4, -0.2) is 45.9 Å². The van der Waals surface area contributed by atoms with E-state index in [9.17, 15) is 4.79 Å². The van der Waals surface area contributed by atoms with Crippen LogP contribution in [0, 0.1) is 19.8 Å². The Kier molecular flexibility index (Phi) is 5.76. The van der Waals surface area contributed by atoms with Crippen LogP contribution in [0.25, 0.3) is 0 Å². The Labute approximate surface area is 154 Å². The van der Waals surface area contributed by atoms with Crippen LogP contribution < -0.4 is 5.32 Å². The number of amides is 1. The van der Waals surface area contributed by atoms with Gasteiger partial charge in [0.15, 0.2) is 0 Å². The Bertz CT molecular complexity index is 731. The van der Waals surface area contributed by atoms with Crippen molar-refractivity contribution in [2.45, 2.75) is 45.6 Å². The number of likely N-dealkylation sites (tertiary alicyclic amines) is 1. The highest BCUT2D eigenvalue weighted by Gasteiger charge is 2.32. The number of carbonyl (C=O) groups is 1. The topological polar surface area (TPSA) is 76.2 Å². The summed E-state index contributed by atoms with van der Waals surface area (Å²) >= 11 is 0. The molecule has 0 radical (unpaired) electrons. The molecule has 0 spiro atoms. The van der Waals surface area contributed by atoms with Crippen LogP contribution in [0.4, 0.5) is 0 Å². The normalized spacial score (nSPS) is 21.1. The Balaban J connectivity index is 1.57. The molecule has 1 saturated heterocycles. The van der Waals surface area contributed by atoms with E-state index in [2.05, 4.69) is 33.6 Å². The van der Waals surface area contributed by atoms with E-state index < -0.39 is 0 Å². The minimum absolute atomic E-state index is 0.0852. The molecule has 0 saturated carbocycles. The van der Waals surface area contributed by atoms with Crippen molar-refractivity contribution in [2.24, 2.45) is 13.0 Å². The molecule has 1 amide bonds. The van der Waals surface area contributed by atoms with E-state index in [0.29, 0.717) is 31.3 Å². The fourth-order valence-corrected chi connectivity index (χ4v) is 4.05. The van der Waals surface area contributed by atoms with Crippen LogP contribution in [0.15, 0.2) is 16.8 Å². The van der Waals surface area contributed by atoms with E-state index in [4.69, 9.17) is 4.52 Å². The molecular weight excluding hydrogens is 330 g/mol. The van der Waals surface area contributed by atoms with Crippen LogP contribution in [0.2, 0.25) is 0 Å². The summed E-state index contributed by atoms with van der Waals surface area (Å²) in [6, 6.07) is 2.37. The average molecular weight is 359 g/mol. The van der Waals surface area contributed by atoms with Gasteiger partial charge in [-0.2, -0.15) is 5.10 Å². The van der Waals surface area contributed by atoms with Crippen molar-refractivity contribution in [3.63, 3.8) is 0 Å². The van der Waals surface area contributed by atoms with Gasteiger partial charge in [0.1, 0.15) is 5.76 Å². The number of rotatable bonds is 6. The SMILES string of the molecule is Cc1noc(C)c1CCC(=O)NC[C@@H]1CCCN(C)[C@H]1c1ccnn1C. The summed E-state index contributed by atoms with van der Waals surface area (Å²) in [6.45, 7) is 5.58. The zero-order chi connectivity index (χ0) is 18.7. The third-order valence-electron chi connectivity index (χ3n) is 5.51. The van der Waals surface area contributed by atoms with Crippen LogP contribution in [0.3, 0.4) is 0 Å². The highest BCUT2D eigenvalue weighted by Crippen LogP contribution is 2.34. The van der Waals surface area contributed by atoms with Crippen molar-refractivity contribution in [1.29, 1.82) is 0 Å². The van der Waals surface area contributed by atoms with Crippen molar-refractivity contribution in [3.05, 3.63) is 35.0 Å². The first-order valence-corrected chi connectivity index (χ1v) is 9.34. The number of aryl methyl sites for hydroxylation is 3. The smallest absolute Gasteiger partial charge is 0.220 e. The molecule has 3 heterocycles. The molecule has 3 rings (SSSR count). The lowest BCUT2D eigenvalue weighted by atomic mass is 9.87. The molecule has 2 aromatic heterocycles. The maximum absolute atomic E-state index is 12.4. The predicted molar refractivity (Wildman–Crippen MR) is 98.6 cm³/mol. The number of nitrogens with one attached hydrogen (secondary N) is 1. The summed E-state index contributed by atoms with van der Waals surface area (Å²) in [7, 11) is 4.14. The summed E-state index contributed by atoms with van der Waals surface area (Å²) in [5, 5.41) is 11.4. The molecule has 142 valence electrons. The molecule has 0 bridgehead atoms. The molecule has 0 unspecified atom stereocenters. The van der Waals surface area contributed by atoms with Crippen molar-refractivity contribution < 1.29 is 9.32 Å². The predicted octanol–water partition coefficient (Wildman–Crippen LogP) is 2.16. The largest absolute Gasteiger partial charge is 0.361 e. The Morgan fingerprint density at radius 2 is 2.19 bits per heavy atom. The monoisotopic (exact) mass is 359 g/mol. The van der Waals surface area contributed by atoms with Crippen LogP contribution in [0.5, 0.6) is 0 Å². The zero-order valence-electron chi connectivity index (χ0n) is 16.2. The lowest BCUT2D eigenvalue weighted by molar-refractivity contribution is -0.121. The molecule has 2 atom stereocenters. The zero-order valence-corrected chi connectivity index (χ0v) is 16.2. The van der Waals surface area contributed by atoms with E-state index in [1.807, 2.05) is 31.8 Å². The summed E-state index contributed by atoms with van der Waals surface area (Å²) in [5.74, 6) is 1.29. The lowest BCUT2D eigenvalue weighted by Gasteiger charge is -2.39. The van der Waals surface area contributed by atoms with E-state index in [1.54, 1.807) is 0 Å². The quantitative estimate of drug-likeness (QED) is 0.855. The Morgan fingerprint density at radius 3 is 2.85 bits per heavy atom. The van der Waals surface area contributed by atoms with Crippen molar-refractivity contribution in [3.8, 4) is 0 Å². The first kappa shape index (κ1) is 18.6. The van der Waals surface area contributed by atoms with Gasteiger partial charge in [0, 0.05) is 31.8 Å². The third kappa shape index (κ3) is 3.98. The van der Waals surface area contributed by atoms with Crippen LogP contribution >= 0.6 is 0 Å². The first-order valence-electron chi connectivity index (χ1n) is 9.34. The highest BCUT2D eigenvalue weighted by molar-refractivity contribution is 5.76. The van der Waals surface area contributed by atoms with Crippen molar-refractivity contribution >= 4 is 5.91 Å². The molecule has 1 aliphatic rings. The van der Waals surface area contributed by atoms with Gasteiger partial charge >= 0.3 is 0 Å². The van der Waals surface area contributed by atoms with E-state index in [0.717, 1.165) is 36.4 Å². The number of aromatic nitrogens is 3. The lowest BCUT2D eigenvalue weighted by Crippen LogP contribution is -2.42. The summed E-state index contributed by atoms with van der Waals surface area (Å²) in [6.07, 6.45) is 5.25. The van der Waals surface area contributed by atoms with Gasteiger partial charge in [0.05, 0.1) is 17.4 Å². The minimum atomic E-state index is 0.0852. The van der Waals surface area contributed by atoms with Gasteiger partial charge in [-0.15, -0.1) is 0 Å². The molecule has 2 aromatic rings. The molecule has 0 aliphatic carbocycles. The van der Waals surface area contributed by atoms with Gasteiger partial charge in [-0.1, -0.05) is 5.16 Å². The van der Waals surface area contributed by atoms with E-state index >= 15 is 0 Å². The van der Waals surface area contributed by atoms with Crippen molar-refractivity contribution in [1.82, 2.24) is 25.2 Å². The molecule has 7 heteroatoms. The van der Waals surface area contributed by atoms with Gasteiger partial charge in [0.2, 0.25) is 5.91 Å². The molecule has 1 N–H and O–H groups in total. The second-order valence-corrected chi connectivity index (χ2v) is 7.31. The molecule has 0 aromatic carbocycles. The molecule has 1 aliphatic heterocycles. The number of nitrogens with zero attached hydrogens (tertiary/aromatic N) is 4. The fourth-order valence-electron chi connectivity index (χ4n) is 4.05. The fraction of sp³-hybridized carbons (Fsp3) is 0.632. The molecule has 26 heavy (non-hydrogen) atoms. The highest BCUT2D eigenvalue weighted by atomic mass is 16.5. The first-order chi connectivity index (χ1) is 12.5. The van der Waals surface area contributed by atoms with Gasteiger partial charge in [0.25, 0.3) is 0 Å². The summed E-state index contributed by atoms with van der Waals surface area (Å²) < 4.78 is 7.11. The number of carbonyl (C=O) groups excluding carboxylic acids is 1. The Hall–Kier alpha value is -2.15. The number of hydrogen-bond acceptors (Lipinski definition) is 5. The van der Waals surface area contributed by atoms with E-state index in [-0.39, 0.29) is 5.91 Å². The summed E-state index contributed by atoms with van der Waals surface area (Å²) in [4.78, 5) is 14.7. The Morgan fingerprint density at radius 1 is 1.38 bits per heavy atom. The second-order valence-electron chi connectivity index (χ2n) is 7.31. The van der Waals surface area contributed by atoms with Crippen molar-refractivity contribution in [2.75, 3.05) is 20.1 Å². The maximum atomic E-state index is 12.4. The van der Waals surface area contributed by atoms with Crippen LogP contribution in [0.1, 0.15) is 48.0 Å². The van der Waals surface area contributed by atoms with Gasteiger partial charge in [-0.05, 0) is 58.7 Å². The molecule has 1 fully saturated rings. The van der Waals surface area contributed by atoms with Crippen LogP contribution in [-0.2, 0) is 18.3 Å². The second kappa shape index (κ2) is 8.03. The number of piperidine rings is 1. The third-order valence-corrected chi connectivity index (χ3v) is 5.51. The van der Waals surface area contributed by atoms with Gasteiger partial charge in [-0.25, -0.2) is 0 Å². The molecule has 7 nitrogen and oxygen atoms in total. The summed E-state index contributed by atoms with van der Waals surface area (Å²) in [5.41, 5.74) is 3.13. The van der Waals surface area contributed by atoms with E-state index in [1.165, 1.54) is 5.69 Å². The van der Waals surface area contributed by atoms with Gasteiger partial charge < -0.3 is 9.84 Å². The van der Waals surface area contributed by atoms with Gasteiger partial charge in [-0.3, -0.25) is 14.4 Å². The average Bonchev–Trinajstić information content (AvgIpc) is 3.17. The number of hydrogen-bond donors (Lipinski definition) is 1. The maximum Gasteiger partial charge on any atom is 0.220 e. The molecular formula is C19H29N5O2. The standard InChI is InChI=1S/C19H29N5O2/c1-13-16(14(2)26-22-13)7-8-18(25)20-12-15-6-5-11-23(3)19(15)17-9-10-21-24(17)4/h9-10,15,19H,5-8,11-12H2,1-4H3,(H,20,25)/t15-,19+/m0/s1. The minimum Gasteiger partial charge on any atom is -0.361 e.